The van der Waals surface area contributed by atoms with Crippen LogP contribution in [0, 0.1) is 0 Å². The molecule has 0 bridgehead atoms. The van der Waals surface area contributed by atoms with Gasteiger partial charge in [0.1, 0.15) is 0 Å². The Morgan fingerprint density at radius 3 is 2.48 bits per heavy atom. The van der Waals surface area contributed by atoms with Crippen LogP contribution < -0.4 is 5.32 Å². The molecule has 0 aliphatic heterocycles. The van der Waals surface area contributed by atoms with E-state index >= 15 is 0 Å². The van der Waals surface area contributed by atoms with Crippen molar-refractivity contribution >= 4 is 34.1 Å². The van der Waals surface area contributed by atoms with Gasteiger partial charge < -0.3 is 5.32 Å². The molecule has 0 aliphatic carbocycles. The fraction of sp³-hybridized carbons (Fsp3) is 0.150. The maximum Gasteiger partial charge on any atom is 0.237 e. The molecule has 3 aromatic carbocycles. The van der Waals surface area contributed by atoms with Crippen LogP contribution in [0.3, 0.4) is 0 Å². The minimum absolute atomic E-state index is 0.0438. The summed E-state index contributed by atoms with van der Waals surface area (Å²) in [6.45, 7) is 1.95. The van der Waals surface area contributed by atoms with Gasteiger partial charge in [0.25, 0.3) is 0 Å². The number of hydrogen-bond donors (Lipinski definition) is 1. The van der Waals surface area contributed by atoms with E-state index in [-0.39, 0.29) is 11.2 Å². The first-order valence-corrected chi connectivity index (χ1v) is 8.73. The summed E-state index contributed by atoms with van der Waals surface area (Å²) < 4.78 is 0. The molecular formula is C20H19NOS. The standard InChI is InChI=1S/C20H19NOS/c1-15(23-14-16-8-3-2-4-9-16)20(22)21-19-13-7-11-17-10-5-6-12-18(17)19/h2-13,15H,14H2,1H3,(H,21,22)/t15-/m0/s1. The molecule has 3 rings (SSSR count). The third-order valence-electron chi connectivity index (χ3n) is 3.76. The molecule has 1 atom stereocenters. The van der Waals surface area contributed by atoms with Gasteiger partial charge in [0.05, 0.1) is 5.25 Å². The van der Waals surface area contributed by atoms with Crippen molar-refractivity contribution in [3.8, 4) is 0 Å². The van der Waals surface area contributed by atoms with E-state index in [1.807, 2.05) is 55.5 Å². The number of rotatable bonds is 5. The van der Waals surface area contributed by atoms with Crippen molar-refractivity contribution in [2.45, 2.75) is 17.9 Å². The molecule has 0 spiro atoms. The van der Waals surface area contributed by atoms with Crippen molar-refractivity contribution in [2.75, 3.05) is 5.32 Å². The lowest BCUT2D eigenvalue weighted by Gasteiger charge is -2.13. The lowest BCUT2D eigenvalue weighted by atomic mass is 10.1. The third-order valence-corrected chi connectivity index (χ3v) is 4.97. The molecule has 3 heteroatoms. The predicted octanol–water partition coefficient (Wildman–Crippen LogP) is 5.10. The normalized spacial score (nSPS) is 12.0. The second kappa shape index (κ2) is 7.34. The monoisotopic (exact) mass is 321 g/mol. The van der Waals surface area contributed by atoms with Gasteiger partial charge in [-0.2, -0.15) is 0 Å². The van der Waals surface area contributed by atoms with E-state index in [0.29, 0.717) is 0 Å². The van der Waals surface area contributed by atoms with Gasteiger partial charge in [-0.3, -0.25) is 4.79 Å². The van der Waals surface area contributed by atoms with Crippen molar-refractivity contribution in [3.63, 3.8) is 0 Å². The zero-order chi connectivity index (χ0) is 16.1. The topological polar surface area (TPSA) is 29.1 Å². The fourth-order valence-corrected chi connectivity index (χ4v) is 3.29. The molecule has 0 saturated heterocycles. The molecular weight excluding hydrogens is 302 g/mol. The first kappa shape index (κ1) is 15.6. The molecule has 1 amide bonds. The second-order valence-corrected chi connectivity index (χ2v) is 6.78. The fourth-order valence-electron chi connectivity index (χ4n) is 2.44. The zero-order valence-corrected chi connectivity index (χ0v) is 13.8. The van der Waals surface area contributed by atoms with Crippen molar-refractivity contribution in [1.29, 1.82) is 0 Å². The van der Waals surface area contributed by atoms with E-state index in [4.69, 9.17) is 0 Å². The highest BCUT2D eigenvalue weighted by Gasteiger charge is 2.14. The summed E-state index contributed by atoms with van der Waals surface area (Å²) in [6, 6.07) is 24.3. The smallest absolute Gasteiger partial charge is 0.237 e. The molecule has 0 aromatic heterocycles. The van der Waals surface area contributed by atoms with Crippen LogP contribution in [0.1, 0.15) is 12.5 Å². The minimum Gasteiger partial charge on any atom is -0.325 e. The minimum atomic E-state index is -0.103. The Hall–Kier alpha value is -2.26. The summed E-state index contributed by atoms with van der Waals surface area (Å²) in [5.41, 5.74) is 2.11. The van der Waals surface area contributed by atoms with Gasteiger partial charge in [-0.15, -0.1) is 11.8 Å². The average Bonchev–Trinajstić information content (AvgIpc) is 2.61. The molecule has 0 heterocycles. The van der Waals surface area contributed by atoms with Crippen LogP contribution in [-0.4, -0.2) is 11.2 Å². The lowest BCUT2D eigenvalue weighted by Crippen LogP contribution is -2.22. The van der Waals surface area contributed by atoms with Gasteiger partial charge in [-0.1, -0.05) is 66.7 Å². The molecule has 116 valence electrons. The largest absolute Gasteiger partial charge is 0.325 e. The van der Waals surface area contributed by atoms with Crippen LogP contribution in [0.2, 0.25) is 0 Å². The Balaban J connectivity index is 1.66. The number of amides is 1. The number of nitrogens with one attached hydrogen (secondary N) is 1. The summed E-state index contributed by atoms with van der Waals surface area (Å²) in [4.78, 5) is 12.4. The first-order valence-electron chi connectivity index (χ1n) is 7.68. The molecule has 1 N–H and O–H groups in total. The number of carbonyl (C=O) groups is 1. The van der Waals surface area contributed by atoms with Crippen molar-refractivity contribution < 1.29 is 4.79 Å². The Kier molecular flexibility index (Phi) is 4.99. The Morgan fingerprint density at radius 2 is 1.65 bits per heavy atom. The van der Waals surface area contributed by atoms with Gasteiger partial charge in [-0.05, 0) is 23.9 Å². The highest BCUT2D eigenvalue weighted by Crippen LogP contribution is 2.24. The third kappa shape index (κ3) is 3.93. The Labute approximate surface area is 140 Å². The van der Waals surface area contributed by atoms with Gasteiger partial charge in [0.2, 0.25) is 5.91 Å². The van der Waals surface area contributed by atoms with E-state index in [1.54, 1.807) is 11.8 Å². The number of hydrogen-bond acceptors (Lipinski definition) is 2. The Bertz CT molecular complexity index is 796. The van der Waals surface area contributed by atoms with E-state index in [0.717, 1.165) is 22.2 Å². The van der Waals surface area contributed by atoms with Crippen LogP contribution in [0.15, 0.2) is 72.8 Å². The molecule has 2 nitrogen and oxygen atoms in total. The van der Waals surface area contributed by atoms with Gasteiger partial charge in [0, 0.05) is 16.8 Å². The lowest BCUT2D eigenvalue weighted by molar-refractivity contribution is -0.115. The van der Waals surface area contributed by atoms with Crippen molar-refractivity contribution in [2.24, 2.45) is 0 Å². The quantitative estimate of drug-likeness (QED) is 0.708. The molecule has 0 aliphatic rings. The van der Waals surface area contributed by atoms with Crippen molar-refractivity contribution in [1.82, 2.24) is 0 Å². The van der Waals surface area contributed by atoms with E-state index in [2.05, 4.69) is 29.6 Å². The number of anilines is 1. The summed E-state index contributed by atoms with van der Waals surface area (Å²) in [7, 11) is 0. The molecule has 0 radical (unpaired) electrons. The Morgan fingerprint density at radius 1 is 0.957 bits per heavy atom. The van der Waals surface area contributed by atoms with Crippen molar-refractivity contribution in [3.05, 3.63) is 78.4 Å². The van der Waals surface area contributed by atoms with Crippen LogP contribution in [-0.2, 0) is 10.5 Å². The predicted molar refractivity (Wildman–Crippen MR) is 99.8 cm³/mol. The summed E-state index contributed by atoms with van der Waals surface area (Å²) in [5, 5.41) is 5.17. The zero-order valence-electron chi connectivity index (χ0n) is 13.0. The summed E-state index contributed by atoms with van der Waals surface area (Å²) in [6.07, 6.45) is 0. The van der Waals surface area contributed by atoms with Gasteiger partial charge in [0.15, 0.2) is 0 Å². The maximum atomic E-state index is 12.4. The average molecular weight is 321 g/mol. The van der Waals surface area contributed by atoms with Crippen LogP contribution in [0.5, 0.6) is 0 Å². The van der Waals surface area contributed by atoms with E-state index in [1.165, 1.54) is 5.56 Å². The van der Waals surface area contributed by atoms with E-state index < -0.39 is 0 Å². The summed E-state index contributed by atoms with van der Waals surface area (Å²) in [5.74, 6) is 0.882. The van der Waals surface area contributed by atoms with Crippen LogP contribution >= 0.6 is 11.8 Å². The number of benzene rings is 3. The molecule has 0 unspecified atom stereocenters. The van der Waals surface area contributed by atoms with Crippen LogP contribution in [0.4, 0.5) is 5.69 Å². The molecule has 3 aromatic rings. The number of carbonyl (C=O) groups excluding carboxylic acids is 1. The second-order valence-electron chi connectivity index (χ2n) is 5.45. The highest BCUT2D eigenvalue weighted by molar-refractivity contribution is 7.99. The molecule has 23 heavy (non-hydrogen) atoms. The molecule has 0 saturated carbocycles. The number of fused-ring (bicyclic) bond motifs is 1. The van der Waals surface area contributed by atoms with Gasteiger partial charge >= 0.3 is 0 Å². The van der Waals surface area contributed by atoms with Gasteiger partial charge in [-0.25, -0.2) is 0 Å². The number of thioether (sulfide) groups is 1. The highest BCUT2D eigenvalue weighted by atomic mass is 32.2. The first-order chi connectivity index (χ1) is 11.2. The summed E-state index contributed by atoms with van der Waals surface area (Å²) >= 11 is 1.65. The maximum absolute atomic E-state index is 12.4. The van der Waals surface area contributed by atoms with Crippen LogP contribution in [0.25, 0.3) is 10.8 Å². The van der Waals surface area contributed by atoms with E-state index in [9.17, 15) is 4.79 Å². The SMILES string of the molecule is C[C@H](SCc1ccccc1)C(=O)Nc1cccc2ccccc12. The molecule has 0 fully saturated rings.